The van der Waals surface area contributed by atoms with Crippen molar-refractivity contribution in [2.24, 2.45) is 5.92 Å². The summed E-state index contributed by atoms with van der Waals surface area (Å²) >= 11 is 0. The van der Waals surface area contributed by atoms with Gasteiger partial charge < -0.3 is 15.7 Å². The van der Waals surface area contributed by atoms with Crippen molar-refractivity contribution in [2.45, 2.75) is 31.8 Å². The number of allylic oxidation sites excluding steroid dienone is 1. The Morgan fingerprint density at radius 2 is 2.20 bits per heavy atom. The fourth-order valence-electron chi connectivity index (χ4n) is 4.40. The summed E-state index contributed by atoms with van der Waals surface area (Å²) < 4.78 is 1.75. The van der Waals surface area contributed by atoms with Gasteiger partial charge in [-0.1, -0.05) is 18.1 Å². The van der Waals surface area contributed by atoms with Crippen LogP contribution in [0.5, 0.6) is 0 Å². The summed E-state index contributed by atoms with van der Waals surface area (Å²) in [5.41, 5.74) is 3.35. The van der Waals surface area contributed by atoms with Crippen molar-refractivity contribution in [2.75, 3.05) is 18.4 Å². The minimum atomic E-state index is -0.912. The molecule has 0 radical (unpaired) electrons. The lowest BCUT2D eigenvalue weighted by molar-refractivity contribution is -0.145. The van der Waals surface area contributed by atoms with Gasteiger partial charge in [0.25, 0.3) is 0 Å². The highest BCUT2D eigenvalue weighted by atomic mass is 16.4. The summed E-state index contributed by atoms with van der Waals surface area (Å²) in [5.74, 6) is 1.51. The number of amides is 1. The smallest absolute Gasteiger partial charge is 0.309 e. The van der Waals surface area contributed by atoms with E-state index in [9.17, 15) is 14.7 Å². The first-order valence-corrected chi connectivity index (χ1v) is 11.5. The molecular formula is C26H28N6O3. The van der Waals surface area contributed by atoms with E-state index in [1.165, 1.54) is 6.33 Å². The van der Waals surface area contributed by atoms with Gasteiger partial charge in [0.2, 0.25) is 5.91 Å². The molecule has 35 heavy (non-hydrogen) atoms. The molecule has 1 amide bonds. The number of piperidine rings is 1. The Labute approximate surface area is 203 Å². The molecule has 0 aliphatic carbocycles. The van der Waals surface area contributed by atoms with Gasteiger partial charge in [0.1, 0.15) is 11.8 Å². The number of terminal acetylenes is 1. The topological polar surface area (TPSA) is 112 Å². The van der Waals surface area contributed by atoms with Crippen molar-refractivity contribution in [3.05, 3.63) is 66.6 Å². The summed E-state index contributed by atoms with van der Waals surface area (Å²) in [7, 11) is 0. The standard InChI is InChI=1S/C26H28N6O3/c1-3-5-9-23(33)30-22-11-12-31(16-21(22)26(34)35)15-19-10-13-32-24(19)25(27-17-28-32)29-20-8-6-7-18(4-2)14-20/h2-3,6-8,10,13-14,17,21-22H,1,5,9,11-12,15-16H2,(H,30,33)(H,34,35)(H,27,28,29). The molecule has 1 fully saturated rings. The minimum absolute atomic E-state index is 0.144. The third-order valence-electron chi connectivity index (χ3n) is 6.16. The number of anilines is 2. The number of aliphatic carboxylic acids is 1. The highest BCUT2D eigenvalue weighted by molar-refractivity contribution is 5.79. The average molecular weight is 473 g/mol. The molecule has 9 nitrogen and oxygen atoms in total. The van der Waals surface area contributed by atoms with E-state index in [2.05, 4.69) is 38.1 Å². The predicted molar refractivity (Wildman–Crippen MR) is 133 cm³/mol. The number of nitrogens with one attached hydrogen (secondary N) is 2. The van der Waals surface area contributed by atoms with Crippen LogP contribution in [-0.4, -0.2) is 55.6 Å². The molecule has 180 valence electrons. The number of hydrogen-bond acceptors (Lipinski definition) is 6. The second-order valence-corrected chi connectivity index (χ2v) is 8.56. The summed E-state index contributed by atoms with van der Waals surface area (Å²) in [5, 5.41) is 20.4. The van der Waals surface area contributed by atoms with Gasteiger partial charge >= 0.3 is 5.97 Å². The third kappa shape index (κ3) is 5.67. The van der Waals surface area contributed by atoms with E-state index in [-0.39, 0.29) is 5.91 Å². The van der Waals surface area contributed by atoms with Crippen LogP contribution < -0.4 is 10.6 Å². The van der Waals surface area contributed by atoms with Gasteiger partial charge in [0, 0.05) is 49.5 Å². The number of carboxylic acids is 1. The monoisotopic (exact) mass is 472 g/mol. The SMILES string of the molecule is C#Cc1cccc(Nc2ncnn3ccc(CN4CCC(NC(=O)CCC=C)C(C(=O)O)C4)c23)c1. The highest BCUT2D eigenvalue weighted by Gasteiger charge is 2.35. The Kier molecular flexibility index (Phi) is 7.43. The molecule has 4 rings (SSSR count). The van der Waals surface area contributed by atoms with Crippen molar-refractivity contribution < 1.29 is 14.7 Å². The lowest BCUT2D eigenvalue weighted by Gasteiger charge is -2.36. The lowest BCUT2D eigenvalue weighted by atomic mass is 9.91. The first kappa shape index (κ1) is 24.0. The molecule has 3 N–H and O–H groups in total. The van der Waals surface area contributed by atoms with Gasteiger partial charge in [-0.2, -0.15) is 5.10 Å². The largest absolute Gasteiger partial charge is 0.481 e. The number of hydrogen-bond donors (Lipinski definition) is 3. The number of carbonyl (C=O) groups excluding carboxylic acids is 1. The molecule has 0 spiro atoms. The Hall–Kier alpha value is -4.16. The number of likely N-dealkylation sites (tertiary alicyclic amines) is 1. The van der Waals surface area contributed by atoms with Crippen LogP contribution in [0.4, 0.5) is 11.5 Å². The van der Waals surface area contributed by atoms with E-state index in [1.54, 1.807) is 10.6 Å². The van der Waals surface area contributed by atoms with Crippen LogP contribution in [0.1, 0.15) is 30.4 Å². The predicted octanol–water partition coefficient (Wildman–Crippen LogP) is 2.81. The van der Waals surface area contributed by atoms with Gasteiger partial charge in [-0.15, -0.1) is 13.0 Å². The first-order valence-electron chi connectivity index (χ1n) is 11.5. The number of aromatic nitrogens is 3. The molecule has 3 heterocycles. The molecule has 1 aromatic carbocycles. The first-order chi connectivity index (χ1) is 17.0. The minimum Gasteiger partial charge on any atom is -0.481 e. The van der Waals surface area contributed by atoms with Gasteiger partial charge in [-0.3, -0.25) is 14.5 Å². The van der Waals surface area contributed by atoms with Crippen LogP contribution in [0.2, 0.25) is 0 Å². The Bertz CT molecular complexity index is 1280. The van der Waals surface area contributed by atoms with E-state index >= 15 is 0 Å². The molecule has 2 unspecified atom stereocenters. The van der Waals surface area contributed by atoms with Crippen molar-refractivity contribution in [1.82, 2.24) is 24.8 Å². The second kappa shape index (κ2) is 10.8. The van der Waals surface area contributed by atoms with Gasteiger partial charge in [0.05, 0.1) is 5.92 Å². The average Bonchev–Trinajstić information content (AvgIpc) is 3.27. The number of carboxylic acid groups (broad SMARTS) is 1. The highest BCUT2D eigenvalue weighted by Crippen LogP contribution is 2.26. The summed E-state index contributed by atoms with van der Waals surface area (Å²) in [6, 6.07) is 9.08. The number of benzene rings is 1. The molecule has 2 aromatic heterocycles. The number of nitrogens with zero attached hydrogens (tertiary/aromatic N) is 4. The van der Waals surface area contributed by atoms with Crippen LogP contribution in [-0.2, 0) is 16.1 Å². The Balaban J connectivity index is 1.51. The molecule has 2 atom stereocenters. The van der Waals surface area contributed by atoms with Crippen LogP contribution >= 0.6 is 0 Å². The van der Waals surface area contributed by atoms with Crippen molar-refractivity contribution in [3.63, 3.8) is 0 Å². The Morgan fingerprint density at radius 1 is 1.34 bits per heavy atom. The van der Waals surface area contributed by atoms with Crippen molar-refractivity contribution in [3.8, 4) is 12.3 Å². The molecule has 1 aliphatic rings. The van der Waals surface area contributed by atoms with E-state index in [0.29, 0.717) is 44.7 Å². The zero-order valence-electron chi connectivity index (χ0n) is 19.4. The van der Waals surface area contributed by atoms with E-state index in [1.807, 2.05) is 36.5 Å². The van der Waals surface area contributed by atoms with Gasteiger partial charge in [-0.25, -0.2) is 9.50 Å². The van der Waals surface area contributed by atoms with Crippen LogP contribution in [0.25, 0.3) is 5.52 Å². The van der Waals surface area contributed by atoms with Crippen molar-refractivity contribution >= 4 is 28.9 Å². The van der Waals surface area contributed by atoms with Crippen LogP contribution in [0, 0.1) is 18.3 Å². The number of rotatable bonds is 9. The fraction of sp³-hybridized carbons (Fsp3) is 0.308. The molecule has 9 heteroatoms. The molecule has 0 saturated carbocycles. The fourth-order valence-corrected chi connectivity index (χ4v) is 4.40. The molecular weight excluding hydrogens is 444 g/mol. The quantitative estimate of drug-likeness (QED) is 0.324. The van der Waals surface area contributed by atoms with Crippen LogP contribution in [0.15, 0.2) is 55.5 Å². The maximum atomic E-state index is 12.2. The summed E-state index contributed by atoms with van der Waals surface area (Å²) in [6.45, 7) is 5.15. The third-order valence-corrected chi connectivity index (χ3v) is 6.16. The van der Waals surface area contributed by atoms with Gasteiger partial charge in [0.15, 0.2) is 5.82 Å². The molecule has 0 bridgehead atoms. The van der Waals surface area contributed by atoms with E-state index < -0.39 is 17.9 Å². The number of carbonyl (C=O) groups is 2. The Morgan fingerprint density at radius 3 is 2.97 bits per heavy atom. The number of fused-ring (bicyclic) bond motifs is 1. The molecule has 1 aliphatic heterocycles. The summed E-state index contributed by atoms with van der Waals surface area (Å²) in [4.78, 5) is 30.7. The maximum Gasteiger partial charge on any atom is 0.309 e. The van der Waals surface area contributed by atoms with Crippen molar-refractivity contribution in [1.29, 1.82) is 0 Å². The zero-order valence-corrected chi connectivity index (χ0v) is 19.4. The maximum absolute atomic E-state index is 12.2. The molecule has 1 saturated heterocycles. The van der Waals surface area contributed by atoms with Gasteiger partial charge in [-0.05, 0) is 42.7 Å². The molecule has 3 aromatic rings. The zero-order chi connectivity index (χ0) is 24.8. The van der Waals surface area contributed by atoms with E-state index in [0.717, 1.165) is 22.3 Å². The van der Waals surface area contributed by atoms with Crippen LogP contribution in [0.3, 0.4) is 0 Å². The lowest BCUT2D eigenvalue weighted by Crippen LogP contribution is -2.53. The normalized spacial score (nSPS) is 18.0. The van der Waals surface area contributed by atoms with E-state index in [4.69, 9.17) is 6.42 Å². The summed E-state index contributed by atoms with van der Waals surface area (Å²) in [6.07, 6.45) is 12.0. The second-order valence-electron chi connectivity index (χ2n) is 8.56.